The number of aromatic nitrogens is 2. The van der Waals surface area contributed by atoms with E-state index in [9.17, 15) is 28.4 Å². The Morgan fingerprint density at radius 1 is 0.986 bits per heavy atom. The van der Waals surface area contributed by atoms with Crippen LogP contribution in [0.2, 0.25) is 0 Å². The summed E-state index contributed by atoms with van der Waals surface area (Å²) >= 11 is 0. The van der Waals surface area contributed by atoms with Crippen LogP contribution in [0.15, 0.2) is 83.9 Å². The van der Waals surface area contributed by atoms with E-state index >= 15 is 0 Å². The van der Waals surface area contributed by atoms with Crippen molar-refractivity contribution < 1.29 is 37.5 Å². The molecule has 10 rings (SSSR count). The van der Waals surface area contributed by atoms with Gasteiger partial charge in [-0.25, -0.2) is 13.1 Å². The van der Waals surface area contributed by atoms with E-state index in [1.807, 2.05) is 19.1 Å². The van der Waals surface area contributed by atoms with Crippen molar-refractivity contribution in [1.29, 1.82) is 0 Å². The second-order valence-electron chi connectivity index (χ2n) is 20.7. The number of nitrogens with one attached hydrogen (secondary N) is 3. The van der Waals surface area contributed by atoms with Gasteiger partial charge in [0.15, 0.2) is 5.75 Å². The minimum Gasteiger partial charge on any atom is -0.467 e. The Morgan fingerprint density at radius 3 is 2.48 bits per heavy atom. The number of aromatic amines is 1. The second kappa shape index (κ2) is 18.9. The van der Waals surface area contributed by atoms with Gasteiger partial charge >= 0.3 is 0 Å². The zero-order valence-electron chi connectivity index (χ0n) is 39.6. The van der Waals surface area contributed by atoms with Crippen molar-refractivity contribution in [3.8, 4) is 17.4 Å². The fourth-order valence-electron chi connectivity index (χ4n) is 11.3. The van der Waals surface area contributed by atoms with E-state index in [-0.39, 0.29) is 46.1 Å². The molecule has 3 saturated heterocycles. The zero-order chi connectivity index (χ0) is 48.1. The number of rotatable bonds is 15. The smallest absolute Gasteiger partial charge is 0.293 e. The molecule has 5 fully saturated rings. The molecule has 2 aromatic heterocycles. The van der Waals surface area contributed by atoms with Crippen molar-refractivity contribution in [3.63, 3.8) is 0 Å². The molecule has 4 N–H and O–H groups in total. The summed E-state index contributed by atoms with van der Waals surface area (Å²) in [6.45, 7) is 11.4. The molecular formula is C52H63N7O9S. The predicted molar refractivity (Wildman–Crippen MR) is 263 cm³/mol. The maximum atomic E-state index is 14.2. The Balaban J connectivity index is 0.874. The van der Waals surface area contributed by atoms with Crippen LogP contribution in [0, 0.1) is 21.4 Å². The highest BCUT2D eigenvalue weighted by atomic mass is 32.2. The minimum atomic E-state index is -4.62. The van der Waals surface area contributed by atoms with Crippen molar-refractivity contribution in [2.24, 2.45) is 11.3 Å². The molecule has 5 heterocycles. The highest BCUT2D eigenvalue weighted by Crippen LogP contribution is 2.49. The molecule has 0 bridgehead atoms. The average molecular weight is 962 g/mol. The van der Waals surface area contributed by atoms with Gasteiger partial charge in [-0.3, -0.25) is 19.8 Å². The number of ether oxygens (including phenoxy) is 3. The van der Waals surface area contributed by atoms with E-state index in [2.05, 4.69) is 67.9 Å². The lowest BCUT2D eigenvalue weighted by Gasteiger charge is -2.57. The summed E-state index contributed by atoms with van der Waals surface area (Å²) in [7, 11) is -4.62. The molecule has 2 atom stereocenters. The van der Waals surface area contributed by atoms with E-state index in [0.29, 0.717) is 56.1 Å². The highest BCUT2D eigenvalue weighted by molar-refractivity contribution is 7.90. The molecule has 1 spiro atoms. The van der Waals surface area contributed by atoms with Crippen LogP contribution in [-0.2, 0) is 14.8 Å². The number of pyridine rings is 1. The number of nitro benzene ring substituents is 1. The SMILES string of the molecule is CC(C)c1ccccc1[C@H]1CCC[C@H]1N1CC2(CCN(c3ccc(C(=O)NS(=O)(=O)c4ccc(NC[C@H]5CC[C@](C)(O)CC5)c([N+](=O)[O-])c4)c(Oc4cc5cc[nH]c5nc4OC4COC4)c3)CC2)C1. The molecular weight excluding hydrogens is 899 g/mol. The molecule has 5 aliphatic rings. The first kappa shape index (κ1) is 47.0. The van der Waals surface area contributed by atoms with Gasteiger partial charge in [0.25, 0.3) is 27.5 Å². The number of nitro groups is 1. The Kier molecular flexibility index (Phi) is 12.8. The van der Waals surface area contributed by atoms with Gasteiger partial charge in [0, 0.05) is 68.2 Å². The Labute approximate surface area is 403 Å². The third-order valence-electron chi connectivity index (χ3n) is 15.5. The number of aliphatic hydroxyl groups is 1. The van der Waals surface area contributed by atoms with Crippen LogP contribution >= 0.6 is 0 Å². The molecule has 69 heavy (non-hydrogen) atoms. The largest absolute Gasteiger partial charge is 0.467 e. The number of H-pyrrole nitrogens is 1. The summed E-state index contributed by atoms with van der Waals surface area (Å²) in [5.74, 6) is 0.772. The molecule has 2 saturated carbocycles. The highest BCUT2D eigenvalue weighted by Gasteiger charge is 2.49. The van der Waals surface area contributed by atoms with Gasteiger partial charge in [0.2, 0.25) is 0 Å². The lowest BCUT2D eigenvalue weighted by molar-refractivity contribution is -0.384. The summed E-state index contributed by atoms with van der Waals surface area (Å²) in [4.78, 5) is 38.2. The lowest BCUT2D eigenvalue weighted by atomic mass is 9.70. The summed E-state index contributed by atoms with van der Waals surface area (Å²) in [6, 6.07) is 21.8. The van der Waals surface area contributed by atoms with Gasteiger partial charge in [-0.05, 0) is 129 Å². The Hall–Kier alpha value is -5.75. The van der Waals surface area contributed by atoms with Gasteiger partial charge in [-0.1, -0.05) is 44.5 Å². The van der Waals surface area contributed by atoms with Gasteiger partial charge in [0.05, 0.1) is 34.2 Å². The quantitative estimate of drug-likeness (QED) is 0.0573. The molecule has 3 aliphatic heterocycles. The first-order valence-electron chi connectivity index (χ1n) is 24.6. The number of piperidine rings is 1. The zero-order valence-corrected chi connectivity index (χ0v) is 40.4. The fraction of sp³-hybridized carbons (Fsp3) is 0.500. The number of likely N-dealkylation sites (tertiary alicyclic amines) is 1. The van der Waals surface area contributed by atoms with E-state index in [0.717, 1.165) is 69.0 Å². The fourth-order valence-corrected chi connectivity index (χ4v) is 12.3. The van der Waals surface area contributed by atoms with Crippen LogP contribution in [0.3, 0.4) is 0 Å². The standard InChI is InChI=1S/C52H63N7O9S/c1-33(2)39-7-4-5-8-40(39)41-9-6-10-44(41)58-31-52(32-58)20-23-57(24-21-52)36-11-13-42(46(26-36)68-47-25-35-17-22-53-48(35)55-50(47)67-37-29-66-30-37)49(60)56-69(64,65)38-12-14-43(45(27-38)59(62)63)54-28-34-15-18-51(3,61)19-16-34/h4-5,7-8,11-14,17,22,25-27,33-34,37,41,44,54,61H,6,9-10,15-16,18-21,23-24,28-32H2,1-3H3,(H,53,55)(H,56,60)/t34-,41-,44-,51-/m1/s1. The lowest BCUT2D eigenvalue weighted by Crippen LogP contribution is -2.63. The van der Waals surface area contributed by atoms with Crippen LogP contribution in [0.4, 0.5) is 17.1 Å². The van der Waals surface area contributed by atoms with Crippen LogP contribution in [-0.4, -0.2) is 103 Å². The summed E-state index contributed by atoms with van der Waals surface area (Å²) < 4.78 is 48.1. The number of nitrogens with zero attached hydrogens (tertiary/aromatic N) is 4. The van der Waals surface area contributed by atoms with Crippen LogP contribution in [0.1, 0.15) is 112 Å². The molecule has 3 aromatic carbocycles. The van der Waals surface area contributed by atoms with Crippen LogP contribution in [0.5, 0.6) is 17.4 Å². The summed E-state index contributed by atoms with van der Waals surface area (Å²) in [5.41, 5.74) is 3.57. The Bertz CT molecular complexity index is 2820. The first-order chi connectivity index (χ1) is 33.1. The van der Waals surface area contributed by atoms with E-state index in [4.69, 9.17) is 14.2 Å². The van der Waals surface area contributed by atoms with E-state index in [1.54, 1.807) is 24.4 Å². The molecule has 1 amide bonds. The summed E-state index contributed by atoms with van der Waals surface area (Å²) in [6.07, 6.45) is 10.0. The number of hydrogen-bond acceptors (Lipinski definition) is 13. The monoisotopic (exact) mass is 961 g/mol. The minimum absolute atomic E-state index is 0.0677. The molecule has 16 nitrogen and oxygen atoms in total. The number of hydrogen-bond donors (Lipinski definition) is 4. The van der Waals surface area contributed by atoms with E-state index in [1.165, 1.54) is 42.5 Å². The van der Waals surface area contributed by atoms with Gasteiger partial charge < -0.3 is 34.5 Å². The number of benzene rings is 3. The Morgan fingerprint density at radius 2 is 1.75 bits per heavy atom. The topological polar surface area (TPSA) is 201 Å². The second-order valence-corrected chi connectivity index (χ2v) is 22.4. The molecule has 5 aromatic rings. The molecule has 366 valence electrons. The molecule has 17 heteroatoms. The van der Waals surface area contributed by atoms with Crippen LogP contribution < -0.4 is 24.4 Å². The maximum Gasteiger partial charge on any atom is 0.293 e. The molecule has 2 aliphatic carbocycles. The van der Waals surface area contributed by atoms with E-state index < -0.39 is 37.0 Å². The normalized spacial score (nSPS) is 24.0. The molecule has 0 radical (unpaired) electrons. The van der Waals surface area contributed by atoms with Crippen molar-refractivity contribution >= 4 is 44.0 Å². The van der Waals surface area contributed by atoms with Gasteiger partial charge in [-0.2, -0.15) is 4.98 Å². The number of carbonyl (C=O) groups excluding carboxylic acids is 1. The number of fused-ring (bicyclic) bond motifs is 1. The van der Waals surface area contributed by atoms with Gasteiger partial charge in [0.1, 0.15) is 23.2 Å². The molecule has 0 unspecified atom stereocenters. The first-order valence-corrected chi connectivity index (χ1v) is 26.1. The van der Waals surface area contributed by atoms with Crippen molar-refractivity contribution in [1.82, 2.24) is 19.6 Å². The number of anilines is 2. The van der Waals surface area contributed by atoms with Crippen molar-refractivity contribution in [2.45, 2.75) is 113 Å². The van der Waals surface area contributed by atoms with Crippen molar-refractivity contribution in [2.75, 3.05) is 56.2 Å². The van der Waals surface area contributed by atoms with Gasteiger partial charge in [-0.15, -0.1) is 0 Å². The number of carbonyl (C=O) groups is 1. The van der Waals surface area contributed by atoms with Crippen LogP contribution in [0.25, 0.3) is 11.0 Å². The number of sulfonamides is 1. The predicted octanol–water partition coefficient (Wildman–Crippen LogP) is 8.87. The van der Waals surface area contributed by atoms with Crippen molar-refractivity contribution in [3.05, 3.63) is 106 Å². The third-order valence-corrected chi connectivity index (χ3v) is 16.8. The average Bonchev–Trinajstić information content (AvgIpc) is 3.98. The maximum absolute atomic E-state index is 14.2. The summed E-state index contributed by atoms with van der Waals surface area (Å²) in [5, 5.41) is 26.5. The third kappa shape index (κ3) is 9.88. The number of amides is 1.